The number of unbranched alkanes of at least 4 members (excludes halogenated alkanes) is 1. The molecule has 5 heteroatoms. The van der Waals surface area contributed by atoms with E-state index in [0.29, 0.717) is 6.04 Å². The number of nitrogens with one attached hydrogen (secondary N) is 1. The van der Waals surface area contributed by atoms with Crippen LogP contribution in [0.4, 0.5) is 4.79 Å². The van der Waals surface area contributed by atoms with E-state index in [1.165, 1.54) is 0 Å². The number of benzene rings is 1. The molecular weight excluding hydrogens is 393 g/mol. The zero-order valence-electron chi connectivity index (χ0n) is 13.2. The van der Waals surface area contributed by atoms with Crippen LogP contribution in [0.1, 0.15) is 50.7 Å². The molecule has 1 saturated carbocycles. The van der Waals surface area contributed by atoms with E-state index >= 15 is 0 Å². The van der Waals surface area contributed by atoms with Gasteiger partial charge in [-0.2, -0.15) is 0 Å². The second-order valence-electron chi connectivity index (χ2n) is 5.68. The molecule has 0 saturated heterocycles. The van der Waals surface area contributed by atoms with Gasteiger partial charge in [-0.05, 0) is 59.9 Å². The lowest BCUT2D eigenvalue weighted by atomic mass is 10.00. The highest BCUT2D eigenvalue weighted by molar-refractivity contribution is 14.1. The van der Waals surface area contributed by atoms with Crippen molar-refractivity contribution in [2.75, 3.05) is 7.11 Å². The maximum Gasteiger partial charge on any atom is 0.407 e. The summed E-state index contributed by atoms with van der Waals surface area (Å²) in [6, 6.07) is 8.38. The van der Waals surface area contributed by atoms with Crippen molar-refractivity contribution in [1.29, 1.82) is 0 Å². The van der Waals surface area contributed by atoms with Crippen molar-refractivity contribution in [3.63, 3.8) is 0 Å². The molecule has 1 N–H and O–H groups in total. The van der Waals surface area contributed by atoms with E-state index in [2.05, 4.69) is 34.8 Å². The molecule has 1 fully saturated rings. The lowest BCUT2D eigenvalue weighted by molar-refractivity contribution is -0.0288. The predicted octanol–water partition coefficient (Wildman–Crippen LogP) is 4.43. The molecule has 0 spiro atoms. The number of methoxy groups -OCH3 is 1. The van der Waals surface area contributed by atoms with Crippen molar-refractivity contribution in [3.05, 3.63) is 33.4 Å². The van der Waals surface area contributed by atoms with Gasteiger partial charge in [-0.25, -0.2) is 4.79 Å². The Balaban J connectivity index is 2.09. The van der Waals surface area contributed by atoms with Gasteiger partial charge in [0.1, 0.15) is 12.2 Å². The second-order valence-corrected chi connectivity index (χ2v) is 6.84. The van der Waals surface area contributed by atoms with Crippen LogP contribution in [0.5, 0.6) is 0 Å². The first-order valence-electron chi connectivity index (χ1n) is 7.90. The van der Waals surface area contributed by atoms with Gasteiger partial charge < -0.3 is 14.8 Å². The largest absolute Gasteiger partial charge is 0.443 e. The number of hydrogen-bond acceptors (Lipinski definition) is 3. The summed E-state index contributed by atoms with van der Waals surface area (Å²) in [4.78, 5) is 12.0. The summed E-state index contributed by atoms with van der Waals surface area (Å²) in [7, 11) is 1.68. The molecule has 0 radical (unpaired) electrons. The minimum absolute atomic E-state index is 0.232. The maximum atomic E-state index is 12.0. The molecule has 122 valence electrons. The Bertz CT molecular complexity index is 491. The molecule has 4 nitrogen and oxygen atoms in total. The summed E-state index contributed by atoms with van der Waals surface area (Å²) in [6.07, 6.45) is 4.16. The van der Waals surface area contributed by atoms with Crippen molar-refractivity contribution in [2.45, 2.75) is 57.3 Å². The van der Waals surface area contributed by atoms with Crippen LogP contribution in [0, 0.1) is 3.57 Å². The average molecular weight is 417 g/mol. The van der Waals surface area contributed by atoms with E-state index in [4.69, 9.17) is 9.47 Å². The predicted molar refractivity (Wildman–Crippen MR) is 94.9 cm³/mol. The van der Waals surface area contributed by atoms with Crippen LogP contribution in [0.15, 0.2) is 24.3 Å². The fourth-order valence-corrected chi connectivity index (χ4v) is 3.12. The Hall–Kier alpha value is -0.820. The molecule has 0 aromatic heterocycles. The van der Waals surface area contributed by atoms with Gasteiger partial charge in [-0.1, -0.05) is 31.5 Å². The maximum absolute atomic E-state index is 12.0. The molecule has 0 heterocycles. The summed E-state index contributed by atoms with van der Waals surface area (Å²) in [5, 5.41) is 2.89. The van der Waals surface area contributed by atoms with Gasteiger partial charge in [0.15, 0.2) is 0 Å². The lowest BCUT2D eigenvalue weighted by Crippen LogP contribution is -2.34. The first kappa shape index (κ1) is 17.5. The molecule has 0 aliphatic heterocycles. The highest BCUT2D eigenvalue weighted by Gasteiger charge is 2.30. The summed E-state index contributed by atoms with van der Waals surface area (Å²) in [6.45, 7) is 2.13. The third-order valence-electron chi connectivity index (χ3n) is 3.80. The van der Waals surface area contributed by atoms with Gasteiger partial charge in [-0.15, -0.1) is 0 Å². The number of amides is 1. The van der Waals surface area contributed by atoms with E-state index in [1.54, 1.807) is 7.11 Å². The van der Waals surface area contributed by atoms with E-state index in [-0.39, 0.29) is 18.3 Å². The number of rotatable bonds is 8. The third-order valence-corrected chi connectivity index (χ3v) is 4.79. The van der Waals surface area contributed by atoms with E-state index in [9.17, 15) is 4.79 Å². The van der Waals surface area contributed by atoms with Gasteiger partial charge in [0, 0.05) is 16.7 Å². The smallest absolute Gasteiger partial charge is 0.407 e. The van der Waals surface area contributed by atoms with Crippen molar-refractivity contribution in [3.8, 4) is 0 Å². The molecule has 1 aromatic rings. The molecular formula is C17H24INO3. The van der Waals surface area contributed by atoms with Gasteiger partial charge in [-0.3, -0.25) is 0 Å². The standard InChI is InChI=1S/C17H24INO3/c1-3-4-9-15(22-17(20)19-12-10-11-12)16(21-2)13-7-5-6-8-14(13)18/h5-8,12,15-16H,3-4,9-11H2,1-2H3,(H,19,20)/t15-,16-/m0/s1. The zero-order valence-corrected chi connectivity index (χ0v) is 15.3. The second kappa shape index (κ2) is 8.72. The zero-order chi connectivity index (χ0) is 15.9. The van der Waals surface area contributed by atoms with Crippen LogP contribution in [0.25, 0.3) is 0 Å². The number of ether oxygens (including phenoxy) is 2. The fraction of sp³-hybridized carbons (Fsp3) is 0.588. The van der Waals surface area contributed by atoms with Crippen LogP contribution >= 0.6 is 22.6 Å². The molecule has 0 bridgehead atoms. The van der Waals surface area contributed by atoms with Crippen LogP contribution in [0.2, 0.25) is 0 Å². The summed E-state index contributed by atoms with van der Waals surface area (Å²) in [5.74, 6) is 0. The summed E-state index contributed by atoms with van der Waals surface area (Å²) >= 11 is 2.30. The quantitative estimate of drug-likeness (QED) is 0.637. The van der Waals surface area contributed by atoms with E-state index in [0.717, 1.165) is 41.2 Å². The van der Waals surface area contributed by atoms with Gasteiger partial charge in [0.2, 0.25) is 0 Å². The monoisotopic (exact) mass is 417 g/mol. The number of carbonyl (C=O) groups excluding carboxylic acids is 1. The molecule has 1 amide bonds. The van der Waals surface area contributed by atoms with Crippen LogP contribution in [0.3, 0.4) is 0 Å². The van der Waals surface area contributed by atoms with Crippen molar-refractivity contribution < 1.29 is 14.3 Å². The Morgan fingerprint density at radius 2 is 2.14 bits per heavy atom. The Morgan fingerprint density at radius 3 is 2.73 bits per heavy atom. The van der Waals surface area contributed by atoms with Gasteiger partial charge in [0.25, 0.3) is 0 Å². The van der Waals surface area contributed by atoms with E-state index in [1.807, 2.05) is 24.3 Å². The number of carbonyl (C=O) groups is 1. The molecule has 1 aliphatic rings. The minimum Gasteiger partial charge on any atom is -0.443 e. The number of alkyl carbamates (subject to hydrolysis) is 1. The molecule has 1 aromatic carbocycles. The molecule has 2 atom stereocenters. The normalized spacial score (nSPS) is 16.9. The fourth-order valence-electron chi connectivity index (χ4n) is 2.43. The summed E-state index contributed by atoms with van der Waals surface area (Å²) < 4.78 is 12.5. The summed E-state index contributed by atoms with van der Waals surface area (Å²) in [5.41, 5.74) is 1.07. The minimum atomic E-state index is -0.323. The SMILES string of the molecule is CCCC[C@H](OC(=O)NC1CC1)[C@@H](OC)c1ccccc1I. The van der Waals surface area contributed by atoms with Crippen LogP contribution in [-0.2, 0) is 9.47 Å². The molecule has 0 unspecified atom stereocenters. The molecule has 22 heavy (non-hydrogen) atoms. The van der Waals surface area contributed by atoms with E-state index < -0.39 is 0 Å². The Kier molecular flexibility index (Phi) is 6.95. The number of hydrogen-bond donors (Lipinski definition) is 1. The number of halogens is 1. The van der Waals surface area contributed by atoms with Crippen molar-refractivity contribution in [2.24, 2.45) is 0 Å². The Labute approximate surface area is 146 Å². The average Bonchev–Trinajstić information content (AvgIpc) is 3.31. The first-order valence-corrected chi connectivity index (χ1v) is 8.98. The highest BCUT2D eigenvalue weighted by Crippen LogP contribution is 2.30. The molecule has 2 rings (SSSR count). The Morgan fingerprint density at radius 1 is 1.41 bits per heavy atom. The van der Waals surface area contributed by atoms with Gasteiger partial charge >= 0.3 is 6.09 Å². The highest BCUT2D eigenvalue weighted by atomic mass is 127. The van der Waals surface area contributed by atoms with Crippen LogP contribution < -0.4 is 5.32 Å². The van der Waals surface area contributed by atoms with Crippen molar-refractivity contribution in [1.82, 2.24) is 5.32 Å². The third kappa shape index (κ3) is 5.12. The van der Waals surface area contributed by atoms with Gasteiger partial charge in [0.05, 0.1) is 0 Å². The topological polar surface area (TPSA) is 47.6 Å². The molecule has 1 aliphatic carbocycles. The van der Waals surface area contributed by atoms with Crippen molar-refractivity contribution >= 4 is 28.7 Å². The first-order chi connectivity index (χ1) is 10.7. The van der Waals surface area contributed by atoms with Crippen LogP contribution in [-0.4, -0.2) is 25.3 Å². The lowest BCUT2D eigenvalue weighted by Gasteiger charge is -2.27.